The lowest BCUT2D eigenvalue weighted by Gasteiger charge is -2.08. The minimum absolute atomic E-state index is 0.0168. The number of hydrogen-bond donors (Lipinski definition) is 1. The highest BCUT2D eigenvalue weighted by atomic mass is 16.5. The highest BCUT2D eigenvalue weighted by Gasteiger charge is 2.15. The summed E-state index contributed by atoms with van der Waals surface area (Å²) in [5, 5.41) is 13.2. The average Bonchev–Trinajstić information content (AvgIpc) is 3.09. The molecule has 0 aliphatic carbocycles. The lowest BCUT2D eigenvalue weighted by Crippen LogP contribution is -2.14. The summed E-state index contributed by atoms with van der Waals surface area (Å²) in [7, 11) is 1.33. The number of methoxy groups -OCH3 is 1. The first-order valence-electron chi connectivity index (χ1n) is 9.23. The van der Waals surface area contributed by atoms with Crippen molar-refractivity contribution >= 4 is 34.5 Å². The number of para-hydroxylation sites is 2. The van der Waals surface area contributed by atoms with Crippen molar-refractivity contribution in [3.8, 4) is 6.07 Å². The molecule has 1 aromatic heterocycles. The van der Waals surface area contributed by atoms with Gasteiger partial charge in [-0.2, -0.15) is 5.26 Å². The van der Waals surface area contributed by atoms with E-state index in [9.17, 15) is 14.9 Å². The minimum atomic E-state index is -0.474. The number of fused-ring (bicyclic) bond motifs is 1. The maximum absolute atomic E-state index is 12.7. The van der Waals surface area contributed by atoms with Crippen molar-refractivity contribution in [3.63, 3.8) is 0 Å². The van der Waals surface area contributed by atoms with Crippen LogP contribution < -0.4 is 5.32 Å². The van der Waals surface area contributed by atoms with Gasteiger partial charge in [-0.3, -0.25) is 9.59 Å². The Morgan fingerprint density at radius 3 is 2.62 bits per heavy atom. The Kier molecular flexibility index (Phi) is 6.10. The number of rotatable bonds is 6. The van der Waals surface area contributed by atoms with Crippen molar-refractivity contribution < 1.29 is 14.3 Å². The highest BCUT2D eigenvalue weighted by molar-refractivity contribution is 6.11. The van der Waals surface area contributed by atoms with Crippen LogP contribution in [0.1, 0.15) is 18.1 Å². The number of nitriles is 1. The maximum atomic E-state index is 12.7. The first-order chi connectivity index (χ1) is 14.1. The zero-order valence-electron chi connectivity index (χ0n) is 16.3. The Bertz CT molecular complexity index is 1140. The second-order valence-electron chi connectivity index (χ2n) is 6.44. The fourth-order valence-electron chi connectivity index (χ4n) is 3.17. The number of amides is 1. The molecule has 146 valence electrons. The van der Waals surface area contributed by atoms with Crippen LogP contribution in [-0.4, -0.2) is 23.6 Å². The molecule has 0 aliphatic heterocycles. The molecule has 0 spiro atoms. The molecular formula is C23H21N3O3. The summed E-state index contributed by atoms with van der Waals surface area (Å²) >= 11 is 0. The van der Waals surface area contributed by atoms with E-state index in [1.54, 1.807) is 16.8 Å². The zero-order chi connectivity index (χ0) is 20.8. The molecule has 0 fully saturated rings. The number of ether oxygens (including phenoxy) is 1. The molecule has 0 saturated carbocycles. The summed E-state index contributed by atoms with van der Waals surface area (Å²) in [5.41, 5.74) is 3.16. The molecule has 1 amide bonds. The van der Waals surface area contributed by atoms with Crippen LogP contribution in [-0.2, 0) is 27.3 Å². The van der Waals surface area contributed by atoms with Crippen LogP contribution in [0.2, 0.25) is 0 Å². The normalized spacial score (nSPS) is 11.1. The molecule has 2 aromatic carbocycles. The third-order valence-corrected chi connectivity index (χ3v) is 4.66. The van der Waals surface area contributed by atoms with E-state index in [0.717, 1.165) is 22.9 Å². The van der Waals surface area contributed by atoms with Gasteiger partial charge >= 0.3 is 5.97 Å². The predicted octanol–water partition coefficient (Wildman–Crippen LogP) is 3.92. The van der Waals surface area contributed by atoms with Gasteiger partial charge in [-0.25, -0.2) is 0 Å². The zero-order valence-corrected chi connectivity index (χ0v) is 16.3. The van der Waals surface area contributed by atoms with E-state index < -0.39 is 5.91 Å². The number of aromatic nitrogens is 1. The van der Waals surface area contributed by atoms with Crippen LogP contribution in [0, 0.1) is 11.3 Å². The average molecular weight is 387 g/mol. The minimum Gasteiger partial charge on any atom is -0.468 e. The molecule has 0 aliphatic rings. The Balaban J connectivity index is 1.97. The Hall–Kier alpha value is -3.85. The smallest absolute Gasteiger partial charge is 0.325 e. The second-order valence-corrected chi connectivity index (χ2v) is 6.44. The highest BCUT2D eigenvalue weighted by Crippen LogP contribution is 2.24. The van der Waals surface area contributed by atoms with Crippen LogP contribution >= 0.6 is 0 Å². The van der Waals surface area contributed by atoms with Gasteiger partial charge in [-0.1, -0.05) is 43.3 Å². The van der Waals surface area contributed by atoms with E-state index in [1.807, 2.05) is 61.5 Å². The monoisotopic (exact) mass is 387 g/mol. The van der Waals surface area contributed by atoms with Crippen LogP contribution in [0.5, 0.6) is 0 Å². The van der Waals surface area contributed by atoms with E-state index >= 15 is 0 Å². The lowest BCUT2D eigenvalue weighted by atomic mass is 10.1. The lowest BCUT2D eigenvalue weighted by molar-refractivity contribution is -0.141. The fraction of sp³-hybridized carbons (Fsp3) is 0.174. The van der Waals surface area contributed by atoms with Crippen molar-refractivity contribution in [1.29, 1.82) is 5.26 Å². The molecule has 0 radical (unpaired) electrons. The molecular weight excluding hydrogens is 366 g/mol. The largest absolute Gasteiger partial charge is 0.468 e. The van der Waals surface area contributed by atoms with E-state index in [4.69, 9.17) is 4.74 Å². The quantitative estimate of drug-likeness (QED) is 0.395. The number of aryl methyl sites for hydroxylation is 1. The third kappa shape index (κ3) is 4.36. The summed E-state index contributed by atoms with van der Waals surface area (Å²) in [5.74, 6) is -0.853. The molecule has 0 atom stereocenters. The number of carbonyl (C=O) groups excluding carboxylic acids is 2. The van der Waals surface area contributed by atoms with Gasteiger partial charge in [0.2, 0.25) is 0 Å². The van der Waals surface area contributed by atoms with Crippen molar-refractivity contribution in [3.05, 3.63) is 71.4 Å². The van der Waals surface area contributed by atoms with Crippen LogP contribution in [0.25, 0.3) is 17.0 Å². The standard InChI is InChI=1S/C23H21N3O3/c1-3-16-8-4-6-10-20(16)25-23(28)17(13-24)12-18-14-26(15-22(27)29-2)21-11-7-5-9-19(18)21/h4-12,14H,3,15H2,1-2H3,(H,25,28)/b17-12+. The number of nitrogens with zero attached hydrogens (tertiary/aromatic N) is 2. The predicted molar refractivity (Wildman–Crippen MR) is 112 cm³/mol. The van der Waals surface area contributed by atoms with E-state index in [-0.39, 0.29) is 18.1 Å². The molecule has 6 nitrogen and oxygen atoms in total. The van der Waals surface area contributed by atoms with Gasteiger partial charge in [-0.05, 0) is 30.2 Å². The van der Waals surface area contributed by atoms with Crippen molar-refractivity contribution in [2.24, 2.45) is 0 Å². The molecule has 0 saturated heterocycles. The van der Waals surface area contributed by atoms with Crippen LogP contribution in [0.15, 0.2) is 60.3 Å². The number of benzene rings is 2. The van der Waals surface area contributed by atoms with Gasteiger partial charge in [0.1, 0.15) is 18.2 Å². The van der Waals surface area contributed by atoms with Gasteiger partial charge in [0.15, 0.2) is 0 Å². The second kappa shape index (κ2) is 8.89. The van der Waals surface area contributed by atoms with Gasteiger partial charge < -0.3 is 14.6 Å². The fourth-order valence-corrected chi connectivity index (χ4v) is 3.17. The van der Waals surface area contributed by atoms with Gasteiger partial charge in [0.25, 0.3) is 5.91 Å². The molecule has 29 heavy (non-hydrogen) atoms. The first-order valence-corrected chi connectivity index (χ1v) is 9.23. The van der Waals surface area contributed by atoms with Gasteiger partial charge in [0.05, 0.1) is 7.11 Å². The molecule has 3 rings (SSSR count). The molecule has 1 N–H and O–H groups in total. The SMILES string of the molecule is CCc1ccccc1NC(=O)/C(C#N)=C/c1cn(CC(=O)OC)c2ccccc12. The summed E-state index contributed by atoms with van der Waals surface area (Å²) < 4.78 is 6.49. The molecule has 0 bridgehead atoms. The molecule has 1 heterocycles. The maximum Gasteiger partial charge on any atom is 0.325 e. The molecule has 3 aromatic rings. The topological polar surface area (TPSA) is 84.1 Å². The first kappa shape index (κ1) is 19.9. The van der Waals surface area contributed by atoms with Crippen LogP contribution in [0.3, 0.4) is 0 Å². The number of esters is 1. The van der Waals surface area contributed by atoms with Crippen LogP contribution in [0.4, 0.5) is 5.69 Å². The van der Waals surface area contributed by atoms with Gasteiger partial charge in [-0.15, -0.1) is 0 Å². The number of nitrogens with one attached hydrogen (secondary N) is 1. The number of hydrogen-bond acceptors (Lipinski definition) is 4. The third-order valence-electron chi connectivity index (χ3n) is 4.66. The Morgan fingerprint density at radius 1 is 1.17 bits per heavy atom. The van der Waals surface area contributed by atoms with Crippen molar-refractivity contribution in [2.45, 2.75) is 19.9 Å². The summed E-state index contributed by atoms with van der Waals surface area (Å²) in [6.07, 6.45) is 4.05. The summed E-state index contributed by atoms with van der Waals surface area (Å²) in [6.45, 7) is 2.05. The number of carbonyl (C=O) groups is 2. The molecule has 0 unspecified atom stereocenters. The van der Waals surface area contributed by atoms with Crippen molar-refractivity contribution in [2.75, 3.05) is 12.4 Å². The number of anilines is 1. The van der Waals surface area contributed by atoms with E-state index in [0.29, 0.717) is 11.3 Å². The summed E-state index contributed by atoms with van der Waals surface area (Å²) in [6, 6.07) is 17.0. The Morgan fingerprint density at radius 2 is 1.90 bits per heavy atom. The Labute approximate surface area is 169 Å². The van der Waals surface area contributed by atoms with E-state index in [1.165, 1.54) is 7.11 Å². The molecule has 6 heteroatoms. The van der Waals surface area contributed by atoms with Gasteiger partial charge in [0, 0.05) is 28.4 Å². The summed E-state index contributed by atoms with van der Waals surface area (Å²) in [4.78, 5) is 24.4. The van der Waals surface area contributed by atoms with Crippen molar-refractivity contribution in [1.82, 2.24) is 4.57 Å². The van der Waals surface area contributed by atoms with E-state index in [2.05, 4.69) is 5.32 Å².